The molecule has 0 aliphatic heterocycles. The largest absolute Gasteiger partial charge is 0.490 e. The van der Waals surface area contributed by atoms with Crippen molar-refractivity contribution in [3.8, 4) is 28.8 Å². The molecule has 0 unspecified atom stereocenters. The smallest absolute Gasteiger partial charge is 0.309 e. The highest BCUT2D eigenvalue weighted by Gasteiger charge is 2.27. The average Bonchev–Trinajstić information content (AvgIpc) is 2.91. The van der Waals surface area contributed by atoms with Crippen LogP contribution in [0, 0.1) is 5.41 Å². The van der Waals surface area contributed by atoms with Gasteiger partial charge in [0.25, 0.3) is 0 Å². The molecule has 0 atom stereocenters. The van der Waals surface area contributed by atoms with E-state index in [1.165, 1.54) is 6.20 Å². The third-order valence-electron chi connectivity index (χ3n) is 5.86. The van der Waals surface area contributed by atoms with Crippen LogP contribution < -0.4 is 14.8 Å². The number of para-hydroxylation sites is 2. The number of benzene rings is 2. The number of rotatable bonds is 11. The zero-order valence-corrected chi connectivity index (χ0v) is 22.0. The molecule has 0 aliphatic carbocycles. The van der Waals surface area contributed by atoms with Crippen LogP contribution in [0.5, 0.6) is 17.4 Å². The number of hydrogen-bond acceptors (Lipinski definition) is 7. The Kier molecular flexibility index (Phi) is 8.50. The van der Waals surface area contributed by atoms with E-state index in [0.29, 0.717) is 47.6 Å². The van der Waals surface area contributed by atoms with Gasteiger partial charge < -0.3 is 19.9 Å². The summed E-state index contributed by atoms with van der Waals surface area (Å²) in [5.41, 5.74) is 1.83. The number of carboxylic acid groups (broad SMARTS) is 1. The zero-order chi connectivity index (χ0) is 27.8. The number of carboxylic acids is 1. The van der Waals surface area contributed by atoms with Gasteiger partial charge in [0.2, 0.25) is 11.8 Å². The number of carbonyl (C=O) groups is 2. The maximum absolute atomic E-state index is 12.7. The molecule has 0 aliphatic rings. The lowest BCUT2D eigenvalue weighted by Gasteiger charge is -2.19. The van der Waals surface area contributed by atoms with E-state index in [9.17, 15) is 14.7 Å². The second-order valence-corrected chi connectivity index (χ2v) is 9.54. The first kappa shape index (κ1) is 27.3. The van der Waals surface area contributed by atoms with Gasteiger partial charge in [-0.15, -0.1) is 0 Å². The molecule has 39 heavy (non-hydrogen) atoms. The first-order chi connectivity index (χ1) is 18.7. The number of amides is 1. The molecule has 4 rings (SSSR count). The molecular formula is C30H30N4O5. The highest BCUT2D eigenvalue weighted by atomic mass is 16.5. The lowest BCUT2D eigenvalue weighted by molar-refractivity contribution is -0.146. The quantitative estimate of drug-likeness (QED) is 0.260. The van der Waals surface area contributed by atoms with Gasteiger partial charge in [0.05, 0.1) is 36.5 Å². The molecule has 0 fully saturated rings. The van der Waals surface area contributed by atoms with Crippen LogP contribution in [0.3, 0.4) is 0 Å². The fourth-order valence-corrected chi connectivity index (χ4v) is 3.82. The second-order valence-electron chi connectivity index (χ2n) is 9.54. The second kappa shape index (κ2) is 12.2. The van der Waals surface area contributed by atoms with Crippen molar-refractivity contribution in [2.75, 3.05) is 11.9 Å². The predicted molar refractivity (Wildman–Crippen MR) is 147 cm³/mol. The van der Waals surface area contributed by atoms with Gasteiger partial charge in [-0.3, -0.25) is 14.6 Å². The van der Waals surface area contributed by atoms with Crippen LogP contribution in [0.2, 0.25) is 0 Å². The standard InChI is InChI=1S/C30H30N4O5/c1-4-38-24-9-5-6-10-25(24)39-28-11-7-8-22(33-28)23-18-31-19-26(32-23)34-27(35)16-20-12-14-21(15-13-20)17-30(2,3)29(36)37/h5-15,18-19H,4,16-17H2,1-3H3,(H,36,37)(H,32,34,35). The number of nitrogens with one attached hydrogen (secondary N) is 1. The van der Waals surface area contributed by atoms with Crippen LogP contribution in [0.25, 0.3) is 11.4 Å². The Hall–Kier alpha value is -4.79. The molecule has 9 nitrogen and oxygen atoms in total. The maximum Gasteiger partial charge on any atom is 0.309 e. The van der Waals surface area contributed by atoms with Crippen molar-refractivity contribution in [1.29, 1.82) is 0 Å². The Morgan fingerprint density at radius 2 is 1.59 bits per heavy atom. The number of aromatic nitrogens is 3. The molecule has 200 valence electrons. The molecule has 1 amide bonds. The van der Waals surface area contributed by atoms with Crippen molar-refractivity contribution in [2.24, 2.45) is 5.41 Å². The Balaban J connectivity index is 1.41. The maximum atomic E-state index is 12.7. The summed E-state index contributed by atoms with van der Waals surface area (Å²) in [5.74, 6) is 0.733. The normalized spacial score (nSPS) is 11.1. The summed E-state index contributed by atoms with van der Waals surface area (Å²) in [6, 6.07) is 20.0. The number of carbonyl (C=O) groups excluding carboxylic acids is 1. The van der Waals surface area contributed by atoms with Crippen LogP contribution in [-0.4, -0.2) is 38.5 Å². The number of nitrogens with zero attached hydrogens (tertiary/aromatic N) is 3. The molecule has 2 N–H and O–H groups in total. The Morgan fingerprint density at radius 3 is 2.31 bits per heavy atom. The Morgan fingerprint density at radius 1 is 0.872 bits per heavy atom. The highest BCUT2D eigenvalue weighted by molar-refractivity contribution is 5.91. The average molecular weight is 527 g/mol. The third kappa shape index (κ3) is 7.38. The van der Waals surface area contributed by atoms with Gasteiger partial charge in [-0.25, -0.2) is 9.97 Å². The minimum absolute atomic E-state index is 0.134. The van der Waals surface area contributed by atoms with Gasteiger partial charge in [-0.1, -0.05) is 42.5 Å². The summed E-state index contributed by atoms with van der Waals surface area (Å²) >= 11 is 0. The fourth-order valence-electron chi connectivity index (χ4n) is 3.82. The van der Waals surface area contributed by atoms with Gasteiger partial charge >= 0.3 is 5.97 Å². The number of aliphatic carboxylic acids is 1. The van der Waals surface area contributed by atoms with Gasteiger partial charge in [0.15, 0.2) is 17.3 Å². The molecular weight excluding hydrogens is 496 g/mol. The minimum atomic E-state index is -0.864. The van der Waals surface area contributed by atoms with Crippen molar-refractivity contribution in [2.45, 2.75) is 33.6 Å². The van der Waals surface area contributed by atoms with E-state index in [-0.39, 0.29) is 12.3 Å². The van der Waals surface area contributed by atoms with Crippen molar-refractivity contribution in [1.82, 2.24) is 15.0 Å². The van der Waals surface area contributed by atoms with Gasteiger partial charge in [0.1, 0.15) is 5.69 Å². The predicted octanol–water partition coefficient (Wildman–Crippen LogP) is 5.56. The lowest BCUT2D eigenvalue weighted by Crippen LogP contribution is -2.26. The van der Waals surface area contributed by atoms with E-state index < -0.39 is 11.4 Å². The topological polar surface area (TPSA) is 124 Å². The van der Waals surface area contributed by atoms with Crippen molar-refractivity contribution >= 4 is 17.7 Å². The van der Waals surface area contributed by atoms with Gasteiger partial charge in [-0.2, -0.15) is 0 Å². The van der Waals surface area contributed by atoms with Crippen LogP contribution in [0.15, 0.2) is 79.1 Å². The molecule has 2 heterocycles. The van der Waals surface area contributed by atoms with Crippen LogP contribution in [0.1, 0.15) is 31.9 Å². The summed E-state index contributed by atoms with van der Waals surface area (Å²) in [7, 11) is 0. The van der Waals surface area contributed by atoms with E-state index in [0.717, 1.165) is 11.1 Å². The van der Waals surface area contributed by atoms with E-state index in [4.69, 9.17) is 9.47 Å². The molecule has 0 saturated carbocycles. The molecule has 9 heteroatoms. The molecule has 0 spiro atoms. The number of ether oxygens (including phenoxy) is 2. The number of hydrogen-bond donors (Lipinski definition) is 2. The van der Waals surface area contributed by atoms with E-state index in [2.05, 4.69) is 20.3 Å². The van der Waals surface area contributed by atoms with Gasteiger partial charge in [0, 0.05) is 6.07 Å². The van der Waals surface area contributed by atoms with Crippen molar-refractivity contribution in [3.63, 3.8) is 0 Å². The van der Waals surface area contributed by atoms with E-state index in [1.807, 2.05) is 49.4 Å². The Labute approximate surface area is 226 Å². The summed E-state index contributed by atoms with van der Waals surface area (Å²) in [6.07, 6.45) is 3.57. The summed E-state index contributed by atoms with van der Waals surface area (Å²) in [4.78, 5) is 37.3. The lowest BCUT2D eigenvalue weighted by atomic mass is 9.86. The van der Waals surface area contributed by atoms with E-state index >= 15 is 0 Å². The fraction of sp³-hybridized carbons (Fsp3) is 0.233. The van der Waals surface area contributed by atoms with Crippen molar-refractivity contribution < 1.29 is 24.2 Å². The molecule has 2 aromatic carbocycles. The summed E-state index contributed by atoms with van der Waals surface area (Å²) in [5, 5.41) is 12.1. The minimum Gasteiger partial charge on any atom is -0.490 e. The molecule has 4 aromatic rings. The monoisotopic (exact) mass is 526 g/mol. The Bertz CT molecular complexity index is 1450. The third-order valence-corrected chi connectivity index (χ3v) is 5.86. The van der Waals surface area contributed by atoms with Gasteiger partial charge in [-0.05, 0) is 56.5 Å². The first-order valence-electron chi connectivity index (χ1n) is 12.5. The number of anilines is 1. The molecule has 0 saturated heterocycles. The van der Waals surface area contributed by atoms with Crippen LogP contribution in [-0.2, 0) is 22.4 Å². The SMILES string of the molecule is CCOc1ccccc1Oc1cccc(-c2cncc(NC(=O)Cc3ccc(CC(C)(C)C(=O)O)cc3)n2)n1. The van der Waals surface area contributed by atoms with Crippen LogP contribution >= 0.6 is 0 Å². The molecule has 0 bridgehead atoms. The summed E-state index contributed by atoms with van der Waals surface area (Å²) < 4.78 is 11.6. The molecule has 0 radical (unpaired) electrons. The zero-order valence-electron chi connectivity index (χ0n) is 22.0. The van der Waals surface area contributed by atoms with Crippen molar-refractivity contribution in [3.05, 3.63) is 90.3 Å². The molecule has 2 aromatic heterocycles. The highest BCUT2D eigenvalue weighted by Crippen LogP contribution is 2.31. The van der Waals surface area contributed by atoms with E-state index in [1.54, 1.807) is 44.3 Å². The summed E-state index contributed by atoms with van der Waals surface area (Å²) in [6.45, 7) is 5.79. The van der Waals surface area contributed by atoms with Crippen LogP contribution in [0.4, 0.5) is 5.82 Å². The first-order valence-corrected chi connectivity index (χ1v) is 12.5. The number of pyridine rings is 1.